The highest BCUT2D eigenvalue weighted by Crippen LogP contribution is 2.36. The van der Waals surface area contributed by atoms with E-state index in [1.807, 2.05) is 19.1 Å². The minimum absolute atomic E-state index is 0.138. The summed E-state index contributed by atoms with van der Waals surface area (Å²) in [6.45, 7) is 6.42. The van der Waals surface area contributed by atoms with Gasteiger partial charge in [-0.3, -0.25) is 4.79 Å². The first-order valence-electron chi connectivity index (χ1n) is 8.42. The van der Waals surface area contributed by atoms with Crippen molar-refractivity contribution in [2.45, 2.75) is 26.7 Å². The Bertz CT molecular complexity index is 791. The number of nitrogens with one attached hydrogen (secondary N) is 2. The number of aryl methyl sites for hydroxylation is 1. The second-order valence-electron chi connectivity index (χ2n) is 6.28. The Morgan fingerprint density at radius 3 is 2.46 bits per heavy atom. The van der Waals surface area contributed by atoms with Crippen LogP contribution in [0.1, 0.15) is 30.9 Å². The minimum atomic E-state index is -0.189. The molecule has 0 aliphatic carbocycles. The van der Waals surface area contributed by atoms with E-state index in [0.29, 0.717) is 28.1 Å². The predicted molar refractivity (Wildman–Crippen MR) is 107 cm³/mol. The second-order valence-corrected chi connectivity index (χ2v) is 6.69. The molecule has 0 aliphatic heterocycles. The third kappa shape index (κ3) is 4.61. The van der Waals surface area contributed by atoms with Gasteiger partial charge < -0.3 is 20.1 Å². The van der Waals surface area contributed by atoms with Gasteiger partial charge in [0.15, 0.2) is 0 Å². The Labute approximate surface area is 159 Å². The van der Waals surface area contributed by atoms with E-state index >= 15 is 0 Å². The average molecular weight is 377 g/mol. The molecule has 0 unspecified atom stereocenters. The number of carbonyl (C=O) groups is 1. The van der Waals surface area contributed by atoms with Crippen LogP contribution < -0.4 is 20.1 Å². The van der Waals surface area contributed by atoms with Crippen LogP contribution in [0.15, 0.2) is 30.3 Å². The smallest absolute Gasteiger partial charge is 0.243 e. The highest BCUT2D eigenvalue weighted by Gasteiger charge is 2.14. The summed E-state index contributed by atoms with van der Waals surface area (Å²) in [6, 6.07) is 9.39. The van der Waals surface area contributed by atoms with Crippen LogP contribution in [0, 0.1) is 6.92 Å². The van der Waals surface area contributed by atoms with Crippen molar-refractivity contribution in [2.75, 3.05) is 31.4 Å². The zero-order chi connectivity index (χ0) is 19.3. The van der Waals surface area contributed by atoms with Crippen molar-refractivity contribution in [3.63, 3.8) is 0 Å². The van der Waals surface area contributed by atoms with E-state index in [9.17, 15) is 4.79 Å². The zero-order valence-electron chi connectivity index (χ0n) is 15.8. The van der Waals surface area contributed by atoms with Crippen LogP contribution in [0.3, 0.4) is 0 Å². The molecule has 0 bridgehead atoms. The maximum atomic E-state index is 12.4. The molecular weight excluding hydrogens is 352 g/mol. The number of hydrogen-bond acceptors (Lipinski definition) is 4. The molecule has 0 radical (unpaired) electrons. The number of para-hydroxylation sites is 1. The molecule has 0 heterocycles. The Balaban J connectivity index is 2.13. The summed E-state index contributed by atoms with van der Waals surface area (Å²) in [5.41, 5.74) is 3.80. The Hall–Kier alpha value is -2.40. The van der Waals surface area contributed by atoms with Crippen molar-refractivity contribution in [3.05, 3.63) is 46.5 Å². The number of ether oxygens (including phenoxy) is 2. The SMILES string of the molecule is COc1cc(NC(=O)CNc2c(C)cccc2C(C)C)c(OC)cc1Cl. The quantitative estimate of drug-likeness (QED) is 0.725. The fourth-order valence-corrected chi connectivity index (χ4v) is 2.97. The van der Waals surface area contributed by atoms with Gasteiger partial charge in [-0.1, -0.05) is 43.6 Å². The van der Waals surface area contributed by atoms with Crippen LogP contribution in [0.2, 0.25) is 5.02 Å². The first kappa shape index (κ1) is 19.9. The summed E-state index contributed by atoms with van der Waals surface area (Å²) in [5.74, 6) is 1.12. The topological polar surface area (TPSA) is 59.6 Å². The van der Waals surface area contributed by atoms with Crippen LogP contribution in [0.5, 0.6) is 11.5 Å². The molecule has 2 N–H and O–H groups in total. The van der Waals surface area contributed by atoms with E-state index in [1.165, 1.54) is 19.8 Å². The van der Waals surface area contributed by atoms with E-state index in [-0.39, 0.29) is 12.5 Å². The van der Waals surface area contributed by atoms with Gasteiger partial charge in [0.25, 0.3) is 0 Å². The molecule has 0 spiro atoms. The van der Waals surface area contributed by atoms with Crippen molar-refractivity contribution in [2.24, 2.45) is 0 Å². The molecule has 6 heteroatoms. The molecule has 140 valence electrons. The van der Waals surface area contributed by atoms with Crippen LogP contribution in [0.25, 0.3) is 0 Å². The number of carbonyl (C=O) groups excluding carboxylic acids is 1. The normalized spacial score (nSPS) is 10.6. The van der Waals surface area contributed by atoms with Gasteiger partial charge in [0.05, 0.1) is 31.5 Å². The number of benzene rings is 2. The second kappa shape index (κ2) is 8.81. The lowest BCUT2D eigenvalue weighted by atomic mass is 9.98. The first-order chi connectivity index (χ1) is 12.4. The van der Waals surface area contributed by atoms with Crippen LogP contribution >= 0.6 is 11.6 Å². The first-order valence-corrected chi connectivity index (χ1v) is 8.80. The van der Waals surface area contributed by atoms with Crippen molar-refractivity contribution in [1.82, 2.24) is 0 Å². The molecular formula is C20H25ClN2O3. The van der Waals surface area contributed by atoms with Crippen LogP contribution in [-0.4, -0.2) is 26.7 Å². The highest BCUT2D eigenvalue weighted by atomic mass is 35.5. The molecule has 2 rings (SSSR count). The predicted octanol–water partition coefficient (Wildman–Crippen LogP) is 4.84. The molecule has 0 saturated heterocycles. The number of methoxy groups -OCH3 is 2. The third-order valence-electron chi connectivity index (χ3n) is 4.10. The van der Waals surface area contributed by atoms with Crippen molar-refractivity contribution in [3.8, 4) is 11.5 Å². The number of halogens is 1. The van der Waals surface area contributed by atoms with E-state index < -0.39 is 0 Å². The lowest BCUT2D eigenvalue weighted by molar-refractivity contribution is -0.114. The average Bonchev–Trinajstić information content (AvgIpc) is 2.61. The molecule has 26 heavy (non-hydrogen) atoms. The molecule has 2 aromatic rings. The van der Waals surface area contributed by atoms with E-state index in [2.05, 4.69) is 30.5 Å². The lowest BCUT2D eigenvalue weighted by Gasteiger charge is -2.18. The molecule has 0 fully saturated rings. The molecule has 0 aromatic heterocycles. The maximum Gasteiger partial charge on any atom is 0.243 e. The molecule has 2 aromatic carbocycles. The van der Waals surface area contributed by atoms with Crippen LogP contribution in [0.4, 0.5) is 11.4 Å². The van der Waals surface area contributed by atoms with Gasteiger partial charge in [0.2, 0.25) is 5.91 Å². The van der Waals surface area contributed by atoms with Gasteiger partial charge >= 0.3 is 0 Å². The van der Waals surface area contributed by atoms with Gasteiger partial charge in [-0.2, -0.15) is 0 Å². The largest absolute Gasteiger partial charge is 0.495 e. The number of hydrogen-bond donors (Lipinski definition) is 2. The summed E-state index contributed by atoms with van der Waals surface area (Å²) < 4.78 is 10.5. The Morgan fingerprint density at radius 2 is 1.85 bits per heavy atom. The van der Waals surface area contributed by atoms with E-state index in [4.69, 9.17) is 21.1 Å². The zero-order valence-corrected chi connectivity index (χ0v) is 16.5. The summed E-state index contributed by atoms with van der Waals surface area (Å²) >= 11 is 6.09. The van der Waals surface area contributed by atoms with Crippen LogP contribution in [-0.2, 0) is 4.79 Å². The highest BCUT2D eigenvalue weighted by molar-refractivity contribution is 6.32. The van der Waals surface area contributed by atoms with Crippen molar-refractivity contribution in [1.29, 1.82) is 0 Å². The molecule has 0 atom stereocenters. The minimum Gasteiger partial charge on any atom is -0.495 e. The maximum absolute atomic E-state index is 12.4. The van der Waals surface area contributed by atoms with Crippen molar-refractivity contribution >= 4 is 28.9 Å². The molecule has 0 saturated carbocycles. The van der Waals surface area contributed by atoms with E-state index in [0.717, 1.165) is 11.3 Å². The third-order valence-corrected chi connectivity index (χ3v) is 4.40. The summed E-state index contributed by atoms with van der Waals surface area (Å²) in [5, 5.41) is 6.51. The molecule has 1 amide bonds. The fourth-order valence-electron chi connectivity index (χ4n) is 2.73. The Kier molecular flexibility index (Phi) is 6.75. The van der Waals surface area contributed by atoms with E-state index in [1.54, 1.807) is 12.1 Å². The standard InChI is InChI=1S/C20H25ClN2O3/c1-12(2)14-8-6-7-13(3)20(14)22-11-19(24)23-16-10-17(25-4)15(21)9-18(16)26-5/h6-10,12,22H,11H2,1-5H3,(H,23,24). The van der Waals surface area contributed by atoms with Crippen molar-refractivity contribution < 1.29 is 14.3 Å². The summed E-state index contributed by atoms with van der Waals surface area (Å²) in [4.78, 5) is 12.4. The monoisotopic (exact) mass is 376 g/mol. The van der Waals surface area contributed by atoms with Gasteiger partial charge in [-0.15, -0.1) is 0 Å². The van der Waals surface area contributed by atoms with Gasteiger partial charge in [-0.05, 0) is 24.0 Å². The lowest BCUT2D eigenvalue weighted by Crippen LogP contribution is -2.23. The number of anilines is 2. The van der Waals surface area contributed by atoms with Gasteiger partial charge in [0, 0.05) is 17.8 Å². The van der Waals surface area contributed by atoms with Gasteiger partial charge in [-0.25, -0.2) is 0 Å². The number of amides is 1. The summed E-state index contributed by atoms with van der Waals surface area (Å²) in [7, 11) is 3.04. The fraction of sp³-hybridized carbons (Fsp3) is 0.350. The molecule has 0 aliphatic rings. The summed E-state index contributed by atoms with van der Waals surface area (Å²) in [6.07, 6.45) is 0. The molecule has 5 nitrogen and oxygen atoms in total. The Morgan fingerprint density at radius 1 is 1.15 bits per heavy atom. The van der Waals surface area contributed by atoms with Gasteiger partial charge in [0.1, 0.15) is 11.5 Å². The number of rotatable bonds is 7.